The Hall–Kier alpha value is -0.0787. The molecule has 1 aromatic carbocycles. The fourth-order valence-electron chi connectivity index (χ4n) is 1.26. The molecule has 78 valence electrons. The monoisotopic (exact) mass is 250 g/mol. The number of hydrogen-bond acceptors (Lipinski definition) is 1. The summed E-state index contributed by atoms with van der Waals surface area (Å²) in [5, 5.41) is 5.62. The van der Waals surface area contributed by atoms with Gasteiger partial charge < -0.3 is 18.0 Å². The van der Waals surface area contributed by atoms with Crippen molar-refractivity contribution in [1.29, 1.82) is 0 Å². The molecule has 1 heterocycles. The maximum Gasteiger partial charge on any atom is 1.00 e. The Morgan fingerprint density at radius 3 is 2.19 bits per heavy atom. The van der Waals surface area contributed by atoms with Gasteiger partial charge in [0.05, 0.1) is 5.69 Å². The molecule has 1 N–H and O–H groups in total. The van der Waals surface area contributed by atoms with E-state index >= 15 is 0 Å². The van der Waals surface area contributed by atoms with Crippen molar-refractivity contribution in [3.05, 3.63) is 36.4 Å². The van der Waals surface area contributed by atoms with E-state index in [1.165, 1.54) is 0 Å². The molecule has 0 unspecified atom stereocenters. The minimum atomic E-state index is -5.00. The van der Waals surface area contributed by atoms with E-state index in [0.717, 1.165) is 6.07 Å². The number of halogens is 3. The quantitative estimate of drug-likeness (QED) is 0.690. The molecule has 2 aromatic rings. The van der Waals surface area contributed by atoms with Crippen molar-refractivity contribution in [2.45, 2.75) is 0 Å². The average molecular weight is 250 g/mol. The largest absolute Gasteiger partial charge is 1.00 e. The van der Waals surface area contributed by atoms with Gasteiger partial charge in [-0.25, -0.2) is 0 Å². The maximum absolute atomic E-state index is 12.3. The van der Waals surface area contributed by atoms with Gasteiger partial charge in [-0.2, -0.15) is 5.10 Å². The molecule has 0 bridgehead atoms. The minimum absolute atomic E-state index is 0. The molecular formula is C9H7BF3KN2. The van der Waals surface area contributed by atoms with Crippen molar-refractivity contribution in [3.8, 4) is 11.3 Å². The van der Waals surface area contributed by atoms with Gasteiger partial charge in [-0.1, -0.05) is 30.3 Å². The normalized spacial score (nSPS) is 10.9. The molecule has 0 saturated carbocycles. The summed E-state index contributed by atoms with van der Waals surface area (Å²) >= 11 is 0. The van der Waals surface area contributed by atoms with Gasteiger partial charge in [0.1, 0.15) is 0 Å². The second-order valence-electron chi connectivity index (χ2n) is 3.15. The van der Waals surface area contributed by atoms with Crippen LogP contribution in [-0.4, -0.2) is 17.2 Å². The molecular weight excluding hydrogens is 243 g/mol. The standard InChI is InChI=1S/C9H7BF3N2.K/c11-10(12,13)9-6-8(14-15-9)7-4-2-1-3-5-7;/h1-6H,(H,14,15);/q-1;+1. The van der Waals surface area contributed by atoms with Crippen molar-refractivity contribution in [2.24, 2.45) is 0 Å². The maximum atomic E-state index is 12.3. The molecule has 2 rings (SSSR count). The van der Waals surface area contributed by atoms with Crippen LogP contribution in [0.15, 0.2) is 36.4 Å². The van der Waals surface area contributed by atoms with Gasteiger partial charge in [0, 0.05) is 5.56 Å². The number of aromatic nitrogens is 2. The zero-order valence-corrected chi connectivity index (χ0v) is 11.7. The van der Waals surface area contributed by atoms with E-state index in [9.17, 15) is 12.9 Å². The molecule has 0 aliphatic rings. The van der Waals surface area contributed by atoms with E-state index in [-0.39, 0.29) is 51.4 Å². The summed E-state index contributed by atoms with van der Waals surface area (Å²) in [4.78, 5) is 0. The minimum Gasteiger partial charge on any atom is -0.444 e. The number of hydrogen-bond donors (Lipinski definition) is 1. The first kappa shape index (κ1) is 14.0. The fraction of sp³-hybridized carbons (Fsp3) is 0. The van der Waals surface area contributed by atoms with Gasteiger partial charge in [-0.05, 0) is 11.7 Å². The van der Waals surface area contributed by atoms with Gasteiger partial charge in [0.25, 0.3) is 0 Å². The van der Waals surface area contributed by atoms with Crippen molar-refractivity contribution >= 4 is 12.6 Å². The summed E-state index contributed by atoms with van der Waals surface area (Å²) in [5.74, 6) is 0. The molecule has 0 aliphatic carbocycles. The fourth-order valence-corrected chi connectivity index (χ4v) is 1.26. The van der Waals surface area contributed by atoms with Crippen molar-refractivity contribution in [3.63, 3.8) is 0 Å². The van der Waals surface area contributed by atoms with Crippen molar-refractivity contribution in [1.82, 2.24) is 10.2 Å². The Labute approximate surface area is 133 Å². The Balaban J connectivity index is 0.00000128. The van der Waals surface area contributed by atoms with E-state index < -0.39 is 12.6 Å². The molecule has 0 atom stereocenters. The Morgan fingerprint density at radius 1 is 1.06 bits per heavy atom. The van der Waals surface area contributed by atoms with E-state index in [1.54, 1.807) is 30.3 Å². The van der Waals surface area contributed by atoms with Gasteiger partial charge >= 0.3 is 58.4 Å². The number of H-pyrrole nitrogens is 1. The molecule has 0 fully saturated rings. The number of benzene rings is 1. The van der Waals surface area contributed by atoms with Crippen LogP contribution < -0.4 is 57.0 Å². The summed E-state index contributed by atoms with van der Waals surface area (Å²) in [5.41, 5.74) is 0.207. The van der Waals surface area contributed by atoms with Crippen LogP contribution in [0.3, 0.4) is 0 Å². The Morgan fingerprint density at radius 2 is 1.69 bits per heavy atom. The van der Waals surface area contributed by atoms with Crippen LogP contribution in [0.2, 0.25) is 0 Å². The summed E-state index contributed by atoms with van der Waals surface area (Å²) in [6, 6.07) is 9.75. The van der Waals surface area contributed by atoms with Crippen LogP contribution in [-0.2, 0) is 0 Å². The van der Waals surface area contributed by atoms with Gasteiger partial charge in [-0.3, -0.25) is 0 Å². The van der Waals surface area contributed by atoms with Gasteiger partial charge in [0.2, 0.25) is 0 Å². The molecule has 0 saturated heterocycles. The number of aromatic amines is 1. The first-order chi connectivity index (χ1) is 7.07. The van der Waals surface area contributed by atoms with E-state index in [0.29, 0.717) is 11.3 Å². The van der Waals surface area contributed by atoms with E-state index in [4.69, 9.17) is 0 Å². The molecule has 0 spiro atoms. The third-order valence-corrected chi connectivity index (χ3v) is 2.02. The van der Waals surface area contributed by atoms with Crippen LogP contribution in [0.1, 0.15) is 0 Å². The van der Waals surface area contributed by atoms with E-state index in [2.05, 4.69) is 5.10 Å². The predicted molar refractivity (Wildman–Crippen MR) is 52.7 cm³/mol. The van der Waals surface area contributed by atoms with Crippen LogP contribution in [0.4, 0.5) is 12.9 Å². The molecule has 0 amide bonds. The number of rotatable bonds is 2. The van der Waals surface area contributed by atoms with Crippen LogP contribution in [0.25, 0.3) is 11.3 Å². The predicted octanol–water partition coefficient (Wildman–Crippen LogP) is -0.865. The van der Waals surface area contributed by atoms with E-state index in [1.807, 2.05) is 5.10 Å². The second-order valence-corrected chi connectivity index (χ2v) is 3.15. The van der Waals surface area contributed by atoms with Crippen LogP contribution >= 0.6 is 0 Å². The number of nitrogens with zero attached hydrogens (tertiary/aromatic N) is 1. The van der Waals surface area contributed by atoms with Crippen LogP contribution in [0, 0.1) is 0 Å². The number of nitrogens with one attached hydrogen (secondary N) is 1. The van der Waals surface area contributed by atoms with Crippen molar-refractivity contribution < 1.29 is 64.3 Å². The first-order valence-electron chi connectivity index (χ1n) is 4.38. The Bertz CT molecular complexity index is 455. The first-order valence-corrected chi connectivity index (χ1v) is 4.38. The van der Waals surface area contributed by atoms with Gasteiger partial charge in [-0.15, -0.1) is 0 Å². The molecule has 16 heavy (non-hydrogen) atoms. The summed E-state index contributed by atoms with van der Waals surface area (Å²) in [6.45, 7) is -5.00. The Kier molecular flexibility index (Phi) is 4.81. The summed E-state index contributed by atoms with van der Waals surface area (Å²) in [6.07, 6.45) is 0. The summed E-state index contributed by atoms with van der Waals surface area (Å²) in [7, 11) is 0. The molecule has 7 heteroatoms. The third-order valence-electron chi connectivity index (χ3n) is 2.02. The molecule has 2 nitrogen and oxygen atoms in total. The van der Waals surface area contributed by atoms with Gasteiger partial charge in [0.15, 0.2) is 0 Å². The molecule has 1 aromatic heterocycles. The topological polar surface area (TPSA) is 28.7 Å². The SMILES string of the molecule is F[B-](F)(F)c1cc(-c2ccccc2)n[nH]1.[K+]. The zero-order chi connectivity index (χ0) is 10.9. The molecule has 0 radical (unpaired) electrons. The summed E-state index contributed by atoms with van der Waals surface area (Å²) < 4.78 is 36.9. The van der Waals surface area contributed by atoms with Crippen molar-refractivity contribution in [2.75, 3.05) is 0 Å². The van der Waals surface area contributed by atoms with Crippen LogP contribution in [0.5, 0.6) is 0 Å². The second kappa shape index (κ2) is 5.50. The third kappa shape index (κ3) is 3.21. The average Bonchev–Trinajstić information content (AvgIpc) is 2.67. The smallest absolute Gasteiger partial charge is 0.444 e. The zero-order valence-electron chi connectivity index (χ0n) is 8.62. The molecule has 0 aliphatic heterocycles.